The van der Waals surface area contributed by atoms with E-state index < -0.39 is 0 Å². The van der Waals surface area contributed by atoms with E-state index in [9.17, 15) is 4.79 Å². The lowest BCUT2D eigenvalue weighted by Crippen LogP contribution is -2.03. The molecule has 1 aromatic carbocycles. The maximum atomic E-state index is 10.6. The van der Waals surface area contributed by atoms with Crippen LogP contribution >= 0.6 is 0 Å². The van der Waals surface area contributed by atoms with Crippen LogP contribution in [0.25, 0.3) is 0 Å². The van der Waals surface area contributed by atoms with Gasteiger partial charge in [0.05, 0.1) is 0 Å². The minimum absolute atomic E-state index is 0.163. The summed E-state index contributed by atoms with van der Waals surface area (Å²) in [5.74, 6) is 0. The number of carbonyl (C=O) groups excluding carboxylic acids is 1. The Bertz CT molecular complexity index is 365. The molecule has 4 heteroatoms. The molecule has 0 aliphatic heterocycles. The Morgan fingerprint density at radius 2 is 2.21 bits per heavy atom. The van der Waals surface area contributed by atoms with Crippen molar-refractivity contribution in [2.24, 2.45) is 5.16 Å². The molecule has 1 rings (SSSR count). The Hall–Kier alpha value is -2.15. The predicted octanol–water partition coefficient (Wildman–Crippen LogP) is 1.13. The van der Waals surface area contributed by atoms with Gasteiger partial charge >= 0.3 is 0 Å². The molecule has 0 saturated heterocycles. The maximum Gasteiger partial charge on any atom is 0.202 e. The number of carbonyl (C=O) groups is 1. The molecule has 0 atom stereocenters. The van der Waals surface area contributed by atoms with Crippen LogP contribution in [0.2, 0.25) is 0 Å². The average Bonchev–Trinajstić information content (AvgIpc) is 2.26. The lowest BCUT2D eigenvalue weighted by molar-refractivity contribution is -0.102. The summed E-state index contributed by atoms with van der Waals surface area (Å²) in [6, 6.07) is 10.6. The van der Waals surface area contributed by atoms with E-state index in [2.05, 4.69) is 9.99 Å². The molecule has 70 valence electrons. The van der Waals surface area contributed by atoms with E-state index in [0.29, 0.717) is 11.8 Å². The summed E-state index contributed by atoms with van der Waals surface area (Å²) in [6.45, 7) is -0.163. The Labute approximate surface area is 81.4 Å². The summed E-state index contributed by atoms with van der Waals surface area (Å²) in [6.07, 6.45) is 0.590. The van der Waals surface area contributed by atoms with E-state index in [1.54, 1.807) is 30.3 Å². The summed E-state index contributed by atoms with van der Waals surface area (Å²) in [4.78, 5) is 15.2. The second kappa shape index (κ2) is 5.49. The summed E-state index contributed by atoms with van der Waals surface area (Å²) >= 11 is 0. The third-order valence-electron chi connectivity index (χ3n) is 1.47. The highest BCUT2D eigenvalue weighted by Gasteiger charge is 2.00. The smallest absolute Gasteiger partial charge is 0.202 e. The number of aldehydes is 1. The zero-order valence-corrected chi connectivity index (χ0v) is 7.38. The van der Waals surface area contributed by atoms with Crippen molar-refractivity contribution >= 4 is 12.0 Å². The normalized spacial score (nSPS) is 10.4. The van der Waals surface area contributed by atoms with Crippen molar-refractivity contribution < 1.29 is 9.63 Å². The van der Waals surface area contributed by atoms with Crippen LogP contribution in [0.5, 0.6) is 0 Å². The van der Waals surface area contributed by atoms with Gasteiger partial charge in [-0.05, 0) is 0 Å². The zero-order valence-electron chi connectivity index (χ0n) is 7.38. The molecule has 0 bridgehead atoms. The lowest BCUT2D eigenvalue weighted by Gasteiger charge is -1.97. The van der Waals surface area contributed by atoms with Crippen molar-refractivity contribution in [3.8, 4) is 6.07 Å². The molecule has 0 spiro atoms. The molecule has 0 fully saturated rings. The van der Waals surface area contributed by atoms with Crippen LogP contribution < -0.4 is 0 Å². The largest absolute Gasteiger partial charge is 0.380 e. The van der Waals surface area contributed by atoms with Crippen LogP contribution in [0.1, 0.15) is 5.56 Å². The first kappa shape index (κ1) is 9.93. The molecule has 4 nitrogen and oxygen atoms in total. The minimum atomic E-state index is -0.163. The van der Waals surface area contributed by atoms with Gasteiger partial charge in [-0.25, -0.2) is 0 Å². The number of rotatable bonds is 4. The molecule has 0 heterocycles. The first-order chi connectivity index (χ1) is 6.88. The van der Waals surface area contributed by atoms with Crippen molar-refractivity contribution in [1.82, 2.24) is 0 Å². The zero-order chi connectivity index (χ0) is 10.2. The molecule has 0 saturated carbocycles. The fourth-order valence-corrected chi connectivity index (χ4v) is 0.882. The first-order valence-corrected chi connectivity index (χ1v) is 3.96. The van der Waals surface area contributed by atoms with Gasteiger partial charge in [0.25, 0.3) is 0 Å². The van der Waals surface area contributed by atoms with Crippen molar-refractivity contribution in [3.63, 3.8) is 0 Å². The fraction of sp³-hybridized carbons (Fsp3) is 0.100. The number of benzene rings is 1. The van der Waals surface area contributed by atoms with Gasteiger partial charge in [0.2, 0.25) is 6.61 Å². The Balaban J connectivity index is 2.78. The molecule has 0 radical (unpaired) electrons. The summed E-state index contributed by atoms with van der Waals surface area (Å²) in [5, 5.41) is 11.7. The molecule has 0 N–H and O–H groups in total. The van der Waals surface area contributed by atoms with E-state index in [0.717, 1.165) is 0 Å². The van der Waals surface area contributed by atoms with E-state index in [1.807, 2.05) is 6.07 Å². The van der Waals surface area contributed by atoms with Crippen LogP contribution in [0.3, 0.4) is 0 Å². The molecule has 1 aromatic rings. The number of hydrogen-bond acceptors (Lipinski definition) is 4. The van der Waals surface area contributed by atoms with Crippen LogP contribution in [0.4, 0.5) is 0 Å². The van der Waals surface area contributed by atoms with Crippen LogP contribution in [0.15, 0.2) is 35.5 Å². The fourth-order valence-electron chi connectivity index (χ4n) is 0.882. The molecule has 0 aliphatic rings. The Morgan fingerprint density at radius 3 is 2.79 bits per heavy atom. The highest BCUT2D eigenvalue weighted by molar-refractivity contribution is 6.36. The molecular weight excluding hydrogens is 180 g/mol. The molecule has 14 heavy (non-hydrogen) atoms. The molecule has 0 aromatic heterocycles. The Morgan fingerprint density at radius 1 is 1.50 bits per heavy atom. The van der Waals surface area contributed by atoms with E-state index in [4.69, 9.17) is 5.26 Å². The quantitative estimate of drug-likeness (QED) is 0.308. The van der Waals surface area contributed by atoms with Crippen LogP contribution in [0, 0.1) is 11.3 Å². The molecule has 0 unspecified atom stereocenters. The first-order valence-electron chi connectivity index (χ1n) is 3.96. The van der Waals surface area contributed by atoms with Crippen molar-refractivity contribution in [1.29, 1.82) is 5.26 Å². The number of nitriles is 1. The van der Waals surface area contributed by atoms with Crippen molar-refractivity contribution in [2.45, 2.75) is 0 Å². The van der Waals surface area contributed by atoms with Gasteiger partial charge in [0.1, 0.15) is 11.8 Å². The van der Waals surface area contributed by atoms with Gasteiger partial charge in [0, 0.05) is 5.56 Å². The van der Waals surface area contributed by atoms with E-state index in [1.165, 1.54) is 0 Å². The van der Waals surface area contributed by atoms with Crippen LogP contribution in [-0.2, 0) is 9.63 Å². The van der Waals surface area contributed by atoms with E-state index in [-0.39, 0.29) is 12.3 Å². The minimum Gasteiger partial charge on any atom is -0.380 e. The highest BCUT2D eigenvalue weighted by Crippen LogP contribution is 1.99. The third kappa shape index (κ3) is 2.72. The lowest BCUT2D eigenvalue weighted by atomic mass is 10.1. The van der Waals surface area contributed by atoms with Crippen LogP contribution in [-0.4, -0.2) is 18.6 Å². The molecule has 0 amide bonds. The molecule has 0 aliphatic carbocycles. The maximum absolute atomic E-state index is 10.6. The summed E-state index contributed by atoms with van der Waals surface area (Å²) < 4.78 is 0. The van der Waals surface area contributed by atoms with Gasteiger partial charge in [-0.3, -0.25) is 4.79 Å². The van der Waals surface area contributed by atoms with Gasteiger partial charge in [-0.15, -0.1) is 0 Å². The van der Waals surface area contributed by atoms with E-state index >= 15 is 0 Å². The SMILES string of the molecule is N#CCON=C(C=O)c1ccccc1. The Kier molecular flexibility index (Phi) is 3.89. The molecular formula is C10H8N2O2. The summed E-state index contributed by atoms with van der Waals surface area (Å²) in [7, 11) is 0. The number of oxime groups is 1. The monoisotopic (exact) mass is 188 g/mol. The average molecular weight is 188 g/mol. The van der Waals surface area contributed by atoms with Crippen molar-refractivity contribution in [2.75, 3.05) is 6.61 Å². The second-order valence-electron chi connectivity index (χ2n) is 2.39. The topological polar surface area (TPSA) is 62.4 Å². The third-order valence-corrected chi connectivity index (χ3v) is 1.47. The standard InChI is InChI=1S/C10H8N2O2/c11-6-7-14-12-10(8-13)9-4-2-1-3-5-9/h1-5,8H,7H2. The highest BCUT2D eigenvalue weighted by atomic mass is 16.6. The number of hydrogen-bond donors (Lipinski definition) is 0. The second-order valence-corrected chi connectivity index (χ2v) is 2.39. The van der Waals surface area contributed by atoms with Gasteiger partial charge in [0.15, 0.2) is 6.29 Å². The van der Waals surface area contributed by atoms with Gasteiger partial charge in [-0.1, -0.05) is 35.5 Å². The number of nitrogens with zero attached hydrogens (tertiary/aromatic N) is 2. The summed E-state index contributed by atoms with van der Waals surface area (Å²) in [5.41, 5.74) is 0.848. The predicted molar refractivity (Wildman–Crippen MR) is 50.6 cm³/mol. The van der Waals surface area contributed by atoms with Crippen molar-refractivity contribution in [3.05, 3.63) is 35.9 Å². The van der Waals surface area contributed by atoms with Gasteiger partial charge < -0.3 is 4.84 Å². The van der Waals surface area contributed by atoms with Gasteiger partial charge in [-0.2, -0.15) is 5.26 Å².